The first-order valence-corrected chi connectivity index (χ1v) is 5.58. The van der Waals surface area contributed by atoms with E-state index in [-0.39, 0.29) is 6.61 Å². The summed E-state index contributed by atoms with van der Waals surface area (Å²) in [5.74, 6) is 0. The van der Waals surface area contributed by atoms with Gasteiger partial charge in [0.1, 0.15) is 0 Å². The third-order valence-electron chi connectivity index (χ3n) is 1.03. The van der Waals surface area contributed by atoms with Gasteiger partial charge in [0.2, 0.25) is 0 Å². The molecule has 1 nitrogen and oxygen atoms in total. The maximum Gasteiger partial charge on any atom is 0.0681 e. The van der Waals surface area contributed by atoms with Crippen molar-refractivity contribution in [1.82, 2.24) is 0 Å². The molecule has 0 radical (unpaired) electrons. The molecule has 0 aliphatic rings. The van der Waals surface area contributed by atoms with Crippen molar-refractivity contribution in [3.63, 3.8) is 0 Å². The van der Waals surface area contributed by atoms with Crippen molar-refractivity contribution >= 4 is 0 Å². The van der Waals surface area contributed by atoms with Gasteiger partial charge in [-0.05, 0) is 5.56 Å². The van der Waals surface area contributed by atoms with Crippen LogP contribution in [0.4, 0.5) is 0 Å². The van der Waals surface area contributed by atoms with Gasteiger partial charge in [-0.25, -0.2) is 0 Å². The molecule has 1 N–H and O–H groups in total. The fraction of sp³-hybridized carbons (Fsp3) is 0.538. The normalized spacial score (nSPS) is 6.50. The van der Waals surface area contributed by atoms with Crippen molar-refractivity contribution in [1.29, 1.82) is 0 Å². The molecular formula is C13H26O. The van der Waals surface area contributed by atoms with Crippen LogP contribution in [-0.4, -0.2) is 5.11 Å². The number of hydrogen-bond acceptors (Lipinski definition) is 1. The summed E-state index contributed by atoms with van der Waals surface area (Å²) in [6, 6.07) is 9.52. The average molecular weight is 198 g/mol. The lowest BCUT2D eigenvalue weighted by molar-refractivity contribution is 0.282. The highest BCUT2D eigenvalue weighted by molar-refractivity contribution is 5.12. The van der Waals surface area contributed by atoms with Gasteiger partial charge in [0.15, 0.2) is 0 Å². The summed E-state index contributed by atoms with van der Waals surface area (Å²) in [7, 11) is 0. The molecule has 0 unspecified atom stereocenters. The zero-order chi connectivity index (χ0) is 11.8. The summed E-state index contributed by atoms with van der Waals surface area (Å²) >= 11 is 0. The number of aliphatic hydroxyl groups excluding tert-OH is 1. The van der Waals surface area contributed by atoms with E-state index in [4.69, 9.17) is 5.11 Å². The highest BCUT2D eigenvalue weighted by Crippen LogP contribution is 1.95. The minimum atomic E-state index is 0.140. The van der Waals surface area contributed by atoms with Gasteiger partial charge >= 0.3 is 0 Å². The van der Waals surface area contributed by atoms with Crippen molar-refractivity contribution in [2.75, 3.05) is 0 Å². The molecule has 0 aromatic heterocycles. The molecule has 0 saturated heterocycles. The van der Waals surface area contributed by atoms with Crippen LogP contribution in [0.3, 0.4) is 0 Å². The largest absolute Gasteiger partial charge is 0.392 e. The molecule has 1 aromatic carbocycles. The van der Waals surface area contributed by atoms with Gasteiger partial charge in [-0.1, -0.05) is 71.9 Å². The van der Waals surface area contributed by atoms with Crippen LogP contribution in [0.1, 0.15) is 47.1 Å². The standard InChI is InChI=1S/C7H8O.3C2H6/c8-6-7-4-2-1-3-5-7;3*1-2/h1-5,8H,6H2;3*1-2H3. The molecule has 1 heteroatoms. The first-order chi connectivity index (χ1) is 6.93. The van der Waals surface area contributed by atoms with E-state index < -0.39 is 0 Å². The van der Waals surface area contributed by atoms with Crippen molar-refractivity contribution in [2.24, 2.45) is 0 Å². The molecule has 0 saturated carbocycles. The minimum Gasteiger partial charge on any atom is -0.392 e. The third-order valence-corrected chi connectivity index (χ3v) is 1.03. The molecule has 1 rings (SSSR count). The average Bonchev–Trinajstić information content (AvgIpc) is 2.37. The van der Waals surface area contributed by atoms with Gasteiger partial charge in [-0.3, -0.25) is 0 Å². The second kappa shape index (κ2) is 22.8. The summed E-state index contributed by atoms with van der Waals surface area (Å²) in [5.41, 5.74) is 0.965. The van der Waals surface area contributed by atoms with Crippen LogP contribution in [0.15, 0.2) is 30.3 Å². The minimum absolute atomic E-state index is 0.140. The third kappa shape index (κ3) is 13.7. The monoisotopic (exact) mass is 198 g/mol. The van der Waals surface area contributed by atoms with Crippen LogP contribution in [0.2, 0.25) is 0 Å². The lowest BCUT2D eigenvalue weighted by Gasteiger charge is -1.89. The summed E-state index contributed by atoms with van der Waals surface area (Å²) < 4.78 is 0. The van der Waals surface area contributed by atoms with Gasteiger partial charge < -0.3 is 5.11 Å². The van der Waals surface area contributed by atoms with Crippen molar-refractivity contribution < 1.29 is 5.11 Å². The number of hydrogen-bond donors (Lipinski definition) is 1. The van der Waals surface area contributed by atoms with Gasteiger partial charge in [-0.15, -0.1) is 0 Å². The first kappa shape index (κ1) is 18.9. The Balaban J connectivity index is -0.000000174. The van der Waals surface area contributed by atoms with E-state index in [1.54, 1.807) is 0 Å². The molecular weight excluding hydrogens is 172 g/mol. The van der Waals surface area contributed by atoms with E-state index in [1.165, 1.54) is 0 Å². The lowest BCUT2D eigenvalue weighted by Crippen LogP contribution is -1.77. The second-order valence-electron chi connectivity index (χ2n) is 1.64. The molecule has 0 aliphatic heterocycles. The van der Waals surface area contributed by atoms with E-state index in [1.807, 2.05) is 71.9 Å². The van der Waals surface area contributed by atoms with Crippen molar-refractivity contribution in [3.8, 4) is 0 Å². The maximum absolute atomic E-state index is 8.54. The first-order valence-electron chi connectivity index (χ1n) is 5.58. The van der Waals surface area contributed by atoms with E-state index in [0.717, 1.165) is 5.56 Å². The summed E-state index contributed by atoms with van der Waals surface area (Å²) in [6.07, 6.45) is 0. The van der Waals surface area contributed by atoms with Gasteiger partial charge in [0.25, 0.3) is 0 Å². The molecule has 84 valence electrons. The lowest BCUT2D eigenvalue weighted by atomic mass is 10.2. The zero-order valence-corrected chi connectivity index (χ0v) is 10.5. The van der Waals surface area contributed by atoms with Crippen LogP contribution >= 0.6 is 0 Å². The van der Waals surface area contributed by atoms with Gasteiger partial charge in [-0.2, -0.15) is 0 Å². The van der Waals surface area contributed by atoms with Crippen LogP contribution in [-0.2, 0) is 6.61 Å². The Morgan fingerprint density at radius 2 is 1.14 bits per heavy atom. The molecule has 0 fully saturated rings. The van der Waals surface area contributed by atoms with E-state index in [0.29, 0.717) is 0 Å². The molecule has 0 amide bonds. The zero-order valence-electron chi connectivity index (χ0n) is 10.5. The Labute approximate surface area is 89.8 Å². The number of rotatable bonds is 1. The second-order valence-corrected chi connectivity index (χ2v) is 1.64. The van der Waals surface area contributed by atoms with Gasteiger partial charge in [0.05, 0.1) is 6.61 Å². The van der Waals surface area contributed by atoms with Crippen molar-refractivity contribution in [3.05, 3.63) is 35.9 Å². The molecule has 0 bridgehead atoms. The fourth-order valence-corrected chi connectivity index (χ4v) is 0.583. The number of benzene rings is 1. The summed E-state index contributed by atoms with van der Waals surface area (Å²) in [6.45, 7) is 12.1. The Kier molecular flexibility index (Phi) is 30.7. The van der Waals surface area contributed by atoms with Crippen LogP contribution in [0.25, 0.3) is 0 Å². The van der Waals surface area contributed by atoms with E-state index >= 15 is 0 Å². The summed E-state index contributed by atoms with van der Waals surface area (Å²) in [5, 5.41) is 8.54. The summed E-state index contributed by atoms with van der Waals surface area (Å²) in [4.78, 5) is 0. The molecule has 0 atom stereocenters. The Morgan fingerprint density at radius 1 is 0.786 bits per heavy atom. The molecule has 1 aromatic rings. The topological polar surface area (TPSA) is 20.2 Å². The van der Waals surface area contributed by atoms with Gasteiger partial charge in [0, 0.05) is 0 Å². The highest BCUT2D eigenvalue weighted by Gasteiger charge is 1.81. The van der Waals surface area contributed by atoms with E-state index in [9.17, 15) is 0 Å². The SMILES string of the molecule is CC.CC.CC.OCc1ccccc1. The molecule has 0 spiro atoms. The molecule has 14 heavy (non-hydrogen) atoms. The predicted molar refractivity (Wildman–Crippen MR) is 66.4 cm³/mol. The predicted octanol–water partition coefficient (Wildman–Crippen LogP) is 4.26. The Hall–Kier alpha value is -0.820. The smallest absolute Gasteiger partial charge is 0.0681 e. The van der Waals surface area contributed by atoms with Crippen LogP contribution in [0, 0.1) is 0 Å². The fourth-order valence-electron chi connectivity index (χ4n) is 0.583. The van der Waals surface area contributed by atoms with Crippen molar-refractivity contribution in [2.45, 2.75) is 48.1 Å². The molecule has 0 aliphatic carbocycles. The quantitative estimate of drug-likeness (QED) is 0.715. The Morgan fingerprint density at radius 3 is 1.36 bits per heavy atom. The van der Waals surface area contributed by atoms with Crippen LogP contribution < -0.4 is 0 Å². The maximum atomic E-state index is 8.54. The molecule has 0 heterocycles. The van der Waals surface area contributed by atoms with E-state index in [2.05, 4.69) is 0 Å². The highest BCUT2D eigenvalue weighted by atomic mass is 16.3. The number of aliphatic hydroxyl groups is 1. The van der Waals surface area contributed by atoms with Crippen LogP contribution in [0.5, 0.6) is 0 Å². The Bertz CT molecular complexity index is 147.